The predicted octanol–water partition coefficient (Wildman–Crippen LogP) is 2.77. The van der Waals surface area contributed by atoms with Gasteiger partial charge in [0, 0.05) is 24.2 Å². The Kier molecular flexibility index (Phi) is 3.62. The number of anilines is 1. The topological polar surface area (TPSA) is 24.1 Å². The van der Waals surface area contributed by atoms with Crippen molar-refractivity contribution in [2.24, 2.45) is 5.41 Å². The summed E-state index contributed by atoms with van der Waals surface area (Å²) >= 11 is 0. The molecule has 2 rings (SSSR count). The maximum atomic E-state index is 13.0. The molecule has 0 saturated heterocycles. The minimum absolute atomic E-state index is 0.277. The molecular weight excluding hydrogens is 222 g/mol. The molecule has 0 aliphatic heterocycles. The lowest BCUT2D eigenvalue weighted by atomic mass is 9.68. The van der Waals surface area contributed by atoms with Crippen molar-refractivity contribution in [1.82, 2.24) is 5.32 Å². The second-order valence-electron chi connectivity index (χ2n) is 4.87. The van der Waals surface area contributed by atoms with Gasteiger partial charge < -0.3 is 10.6 Å². The third-order valence-corrected chi connectivity index (χ3v) is 3.55. The van der Waals surface area contributed by atoms with E-state index in [0.29, 0.717) is 5.69 Å². The maximum absolute atomic E-state index is 13.0. The quantitative estimate of drug-likeness (QED) is 0.827. The molecule has 1 aliphatic rings. The summed E-state index contributed by atoms with van der Waals surface area (Å²) in [6.07, 6.45) is 3.62. The molecule has 1 aromatic rings. The summed E-state index contributed by atoms with van der Waals surface area (Å²) in [5.74, 6) is -1.60. The molecule has 1 aliphatic carbocycles. The zero-order chi connectivity index (χ0) is 12.3. The van der Waals surface area contributed by atoms with E-state index in [2.05, 4.69) is 10.6 Å². The molecule has 1 saturated carbocycles. The molecule has 1 aromatic carbocycles. The highest BCUT2D eigenvalue weighted by atomic mass is 19.2. The van der Waals surface area contributed by atoms with Crippen LogP contribution >= 0.6 is 0 Å². The molecule has 0 bridgehead atoms. The van der Waals surface area contributed by atoms with Gasteiger partial charge in [-0.2, -0.15) is 0 Å². The van der Waals surface area contributed by atoms with E-state index in [4.69, 9.17) is 0 Å². The first-order valence-electron chi connectivity index (χ1n) is 5.99. The summed E-state index contributed by atoms with van der Waals surface area (Å²) in [6.45, 7) is 1.77. The third kappa shape index (κ3) is 2.75. The molecule has 2 N–H and O–H groups in total. The normalized spacial score (nSPS) is 17.6. The lowest BCUT2D eigenvalue weighted by Gasteiger charge is -2.42. The minimum Gasteiger partial charge on any atom is -0.384 e. The first-order chi connectivity index (χ1) is 8.15. The molecule has 4 heteroatoms. The predicted molar refractivity (Wildman–Crippen MR) is 65.1 cm³/mol. The van der Waals surface area contributed by atoms with Gasteiger partial charge in [0.15, 0.2) is 11.6 Å². The van der Waals surface area contributed by atoms with E-state index >= 15 is 0 Å². The number of rotatable bonds is 5. The van der Waals surface area contributed by atoms with E-state index in [1.54, 1.807) is 6.07 Å². The molecule has 17 heavy (non-hydrogen) atoms. The zero-order valence-electron chi connectivity index (χ0n) is 10.0. The van der Waals surface area contributed by atoms with Gasteiger partial charge in [0.1, 0.15) is 0 Å². The van der Waals surface area contributed by atoms with Crippen molar-refractivity contribution in [3.05, 3.63) is 29.8 Å². The lowest BCUT2D eigenvalue weighted by Crippen LogP contribution is -2.44. The van der Waals surface area contributed by atoms with Gasteiger partial charge in [0.2, 0.25) is 0 Å². The third-order valence-electron chi connectivity index (χ3n) is 3.55. The van der Waals surface area contributed by atoms with Gasteiger partial charge in [-0.25, -0.2) is 8.78 Å². The van der Waals surface area contributed by atoms with Gasteiger partial charge in [-0.1, -0.05) is 6.42 Å². The smallest absolute Gasteiger partial charge is 0.160 e. The van der Waals surface area contributed by atoms with Crippen LogP contribution in [0.1, 0.15) is 19.3 Å². The van der Waals surface area contributed by atoms with Crippen molar-refractivity contribution >= 4 is 5.69 Å². The fourth-order valence-corrected chi connectivity index (χ4v) is 2.36. The summed E-state index contributed by atoms with van der Waals surface area (Å²) in [6, 6.07) is 3.94. The highest BCUT2D eigenvalue weighted by Crippen LogP contribution is 2.40. The van der Waals surface area contributed by atoms with Crippen LogP contribution in [0.25, 0.3) is 0 Å². The van der Waals surface area contributed by atoms with E-state index in [1.165, 1.54) is 25.3 Å². The molecule has 0 unspecified atom stereocenters. The molecular formula is C13H18F2N2. The number of hydrogen-bond donors (Lipinski definition) is 2. The number of hydrogen-bond acceptors (Lipinski definition) is 2. The van der Waals surface area contributed by atoms with Gasteiger partial charge in [0.25, 0.3) is 0 Å². The van der Waals surface area contributed by atoms with Crippen molar-refractivity contribution < 1.29 is 8.78 Å². The fraction of sp³-hybridized carbons (Fsp3) is 0.538. The fourth-order valence-electron chi connectivity index (χ4n) is 2.36. The maximum Gasteiger partial charge on any atom is 0.160 e. The van der Waals surface area contributed by atoms with E-state index < -0.39 is 11.6 Å². The monoisotopic (exact) mass is 240 g/mol. The Hall–Kier alpha value is -1.16. The van der Waals surface area contributed by atoms with Crippen LogP contribution in [0.5, 0.6) is 0 Å². The van der Waals surface area contributed by atoms with Crippen LogP contribution in [0.4, 0.5) is 14.5 Å². The highest BCUT2D eigenvalue weighted by molar-refractivity contribution is 5.43. The van der Waals surface area contributed by atoms with E-state index in [-0.39, 0.29) is 5.41 Å². The van der Waals surface area contributed by atoms with Crippen LogP contribution in [0, 0.1) is 17.0 Å². The number of nitrogens with one attached hydrogen (secondary N) is 2. The Bertz CT molecular complexity index is 389. The Balaban J connectivity index is 1.94. The first-order valence-corrected chi connectivity index (χ1v) is 5.99. The summed E-state index contributed by atoms with van der Waals surface area (Å²) in [4.78, 5) is 0. The van der Waals surface area contributed by atoms with Crippen LogP contribution in [-0.4, -0.2) is 20.1 Å². The zero-order valence-corrected chi connectivity index (χ0v) is 10.0. The Morgan fingerprint density at radius 3 is 2.47 bits per heavy atom. The SMILES string of the molecule is CNCC1(CNc2ccc(F)c(F)c2)CCC1. The van der Waals surface area contributed by atoms with Gasteiger partial charge in [-0.05, 0) is 38.1 Å². The lowest BCUT2D eigenvalue weighted by molar-refractivity contribution is 0.151. The second-order valence-corrected chi connectivity index (χ2v) is 4.87. The first kappa shape index (κ1) is 12.3. The average Bonchev–Trinajstić information content (AvgIpc) is 2.26. The minimum atomic E-state index is -0.802. The molecule has 0 spiro atoms. The Labute approximate surface area is 100 Å². The van der Waals surface area contributed by atoms with Crippen LogP contribution in [0.15, 0.2) is 18.2 Å². The molecule has 0 heterocycles. The van der Waals surface area contributed by atoms with E-state index in [1.807, 2.05) is 7.05 Å². The molecule has 0 atom stereocenters. The Morgan fingerprint density at radius 1 is 1.18 bits per heavy atom. The number of halogens is 2. The van der Waals surface area contributed by atoms with Gasteiger partial charge in [-0.3, -0.25) is 0 Å². The molecule has 0 aromatic heterocycles. The summed E-state index contributed by atoms with van der Waals surface area (Å²) in [5.41, 5.74) is 0.922. The van der Waals surface area contributed by atoms with Gasteiger partial charge in [0.05, 0.1) is 0 Å². The van der Waals surface area contributed by atoms with Crippen molar-refractivity contribution in [3.63, 3.8) is 0 Å². The van der Waals surface area contributed by atoms with Gasteiger partial charge in [-0.15, -0.1) is 0 Å². The molecule has 2 nitrogen and oxygen atoms in total. The van der Waals surface area contributed by atoms with Crippen molar-refractivity contribution in [1.29, 1.82) is 0 Å². The van der Waals surface area contributed by atoms with Crippen LogP contribution in [0.2, 0.25) is 0 Å². The van der Waals surface area contributed by atoms with E-state index in [9.17, 15) is 8.78 Å². The summed E-state index contributed by atoms with van der Waals surface area (Å²) in [7, 11) is 1.94. The van der Waals surface area contributed by atoms with Crippen molar-refractivity contribution in [2.45, 2.75) is 19.3 Å². The average molecular weight is 240 g/mol. The largest absolute Gasteiger partial charge is 0.384 e. The standard InChI is InChI=1S/C13H18F2N2/c1-16-8-13(5-2-6-13)9-17-10-3-4-11(14)12(15)7-10/h3-4,7,16-17H,2,5-6,8-9H2,1H3. The molecule has 0 amide bonds. The number of benzene rings is 1. The molecule has 1 fully saturated rings. The van der Waals surface area contributed by atoms with Crippen molar-refractivity contribution in [3.8, 4) is 0 Å². The summed E-state index contributed by atoms with van der Waals surface area (Å²) in [5, 5.41) is 6.39. The second kappa shape index (κ2) is 5.00. The van der Waals surface area contributed by atoms with Crippen LogP contribution < -0.4 is 10.6 Å². The van der Waals surface area contributed by atoms with Gasteiger partial charge >= 0.3 is 0 Å². The molecule has 0 radical (unpaired) electrons. The summed E-state index contributed by atoms with van der Waals surface area (Å²) < 4.78 is 25.8. The van der Waals surface area contributed by atoms with Crippen LogP contribution in [0.3, 0.4) is 0 Å². The highest BCUT2D eigenvalue weighted by Gasteiger charge is 2.35. The van der Waals surface area contributed by atoms with Crippen LogP contribution in [-0.2, 0) is 0 Å². The van der Waals surface area contributed by atoms with E-state index in [0.717, 1.165) is 19.2 Å². The molecule has 94 valence electrons. The Morgan fingerprint density at radius 2 is 1.94 bits per heavy atom. The van der Waals surface area contributed by atoms with Crippen molar-refractivity contribution in [2.75, 3.05) is 25.5 Å².